The summed E-state index contributed by atoms with van der Waals surface area (Å²) in [6.45, 7) is 1.77. The third-order valence-electron chi connectivity index (χ3n) is 3.10. The summed E-state index contributed by atoms with van der Waals surface area (Å²) in [5, 5.41) is 10.6. The standard InChI is InChI=1S/C15H13FN2O3/c1-10-3-8-14(16)13(9-10)15(19)17(2)11-4-6-12(7-5-11)18(20)21/h3-9H,1-2H3. The van der Waals surface area contributed by atoms with Crippen molar-refractivity contribution in [1.82, 2.24) is 0 Å². The molecule has 0 fully saturated rings. The lowest BCUT2D eigenvalue weighted by Crippen LogP contribution is -2.27. The van der Waals surface area contributed by atoms with Crippen LogP contribution in [0.1, 0.15) is 15.9 Å². The monoisotopic (exact) mass is 288 g/mol. The highest BCUT2D eigenvalue weighted by atomic mass is 19.1. The zero-order valence-corrected chi connectivity index (χ0v) is 11.5. The van der Waals surface area contributed by atoms with Crippen molar-refractivity contribution in [3.63, 3.8) is 0 Å². The van der Waals surface area contributed by atoms with E-state index in [2.05, 4.69) is 0 Å². The van der Waals surface area contributed by atoms with E-state index in [0.717, 1.165) is 5.56 Å². The molecule has 0 aliphatic heterocycles. The van der Waals surface area contributed by atoms with Gasteiger partial charge in [-0.2, -0.15) is 0 Å². The van der Waals surface area contributed by atoms with Gasteiger partial charge in [-0.15, -0.1) is 0 Å². The number of amides is 1. The van der Waals surface area contributed by atoms with Crippen LogP contribution in [0.15, 0.2) is 42.5 Å². The third kappa shape index (κ3) is 3.05. The Morgan fingerprint density at radius 2 is 1.81 bits per heavy atom. The Morgan fingerprint density at radius 1 is 1.19 bits per heavy atom. The van der Waals surface area contributed by atoms with Gasteiger partial charge >= 0.3 is 0 Å². The second-order valence-corrected chi connectivity index (χ2v) is 4.62. The molecular formula is C15H13FN2O3. The molecule has 0 heterocycles. The van der Waals surface area contributed by atoms with Gasteiger partial charge < -0.3 is 4.90 Å². The van der Waals surface area contributed by atoms with Gasteiger partial charge in [0.2, 0.25) is 0 Å². The summed E-state index contributed by atoms with van der Waals surface area (Å²) in [7, 11) is 1.49. The lowest BCUT2D eigenvalue weighted by atomic mass is 10.1. The molecule has 0 bridgehead atoms. The first-order valence-electron chi connectivity index (χ1n) is 6.19. The number of benzene rings is 2. The number of nitrogens with zero attached hydrogens (tertiary/aromatic N) is 2. The van der Waals surface area contributed by atoms with Crippen molar-refractivity contribution in [2.24, 2.45) is 0 Å². The maximum Gasteiger partial charge on any atom is 0.269 e. The van der Waals surface area contributed by atoms with Crippen molar-refractivity contribution < 1.29 is 14.1 Å². The third-order valence-corrected chi connectivity index (χ3v) is 3.10. The SMILES string of the molecule is Cc1ccc(F)c(C(=O)N(C)c2ccc([N+](=O)[O-])cc2)c1. The summed E-state index contributed by atoms with van der Waals surface area (Å²) in [4.78, 5) is 23.6. The molecule has 2 rings (SSSR count). The zero-order valence-electron chi connectivity index (χ0n) is 11.5. The van der Waals surface area contributed by atoms with Crippen LogP contribution in [0.2, 0.25) is 0 Å². The highest BCUT2D eigenvalue weighted by molar-refractivity contribution is 6.06. The second-order valence-electron chi connectivity index (χ2n) is 4.62. The normalized spacial score (nSPS) is 10.2. The van der Waals surface area contributed by atoms with E-state index in [9.17, 15) is 19.3 Å². The molecule has 0 atom stereocenters. The molecule has 1 amide bonds. The van der Waals surface area contributed by atoms with Crippen LogP contribution in [0.3, 0.4) is 0 Å². The van der Waals surface area contributed by atoms with E-state index >= 15 is 0 Å². The molecule has 0 N–H and O–H groups in total. The van der Waals surface area contributed by atoms with Crippen molar-refractivity contribution in [3.05, 3.63) is 69.5 Å². The number of nitro benzene ring substituents is 1. The van der Waals surface area contributed by atoms with Gasteiger partial charge in [-0.3, -0.25) is 14.9 Å². The molecule has 5 nitrogen and oxygen atoms in total. The van der Waals surface area contributed by atoms with E-state index in [1.54, 1.807) is 13.0 Å². The largest absolute Gasteiger partial charge is 0.311 e. The van der Waals surface area contributed by atoms with Gasteiger partial charge in [0.05, 0.1) is 10.5 Å². The molecule has 0 saturated heterocycles. The van der Waals surface area contributed by atoms with E-state index in [1.165, 1.54) is 48.3 Å². The molecular weight excluding hydrogens is 275 g/mol. The molecule has 0 saturated carbocycles. The average Bonchev–Trinajstić information content (AvgIpc) is 2.48. The quantitative estimate of drug-likeness (QED) is 0.643. The summed E-state index contributed by atoms with van der Waals surface area (Å²) in [6.07, 6.45) is 0. The molecule has 2 aromatic carbocycles. The minimum atomic E-state index is -0.598. The molecule has 0 aliphatic carbocycles. The van der Waals surface area contributed by atoms with Crippen LogP contribution in [0.5, 0.6) is 0 Å². The van der Waals surface area contributed by atoms with Crippen molar-refractivity contribution in [2.75, 3.05) is 11.9 Å². The fraction of sp³-hybridized carbons (Fsp3) is 0.133. The van der Waals surface area contributed by atoms with Crippen LogP contribution >= 0.6 is 0 Å². The predicted molar refractivity (Wildman–Crippen MR) is 77.0 cm³/mol. The van der Waals surface area contributed by atoms with Crippen molar-refractivity contribution in [2.45, 2.75) is 6.92 Å². The molecule has 6 heteroatoms. The summed E-state index contributed by atoms with van der Waals surface area (Å²) in [6, 6.07) is 9.79. The highest BCUT2D eigenvalue weighted by Gasteiger charge is 2.18. The molecule has 21 heavy (non-hydrogen) atoms. The number of anilines is 1. The Balaban J connectivity index is 2.30. The van der Waals surface area contributed by atoms with Gasteiger partial charge in [0, 0.05) is 24.9 Å². The molecule has 0 aromatic heterocycles. The number of carbonyl (C=O) groups is 1. The fourth-order valence-electron chi connectivity index (χ4n) is 1.90. The van der Waals surface area contributed by atoms with E-state index in [4.69, 9.17) is 0 Å². The maximum absolute atomic E-state index is 13.7. The zero-order chi connectivity index (χ0) is 15.6. The van der Waals surface area contributed by atoms with Crippen LogP contribution in [0.4, 0.5) is 15.8 Å². The summed E-state index contributed by atoms with van der Waals surface area (Å²) in [5.74, 6) is -1.11. The predicted octanol–water partition coefficient (Wildman–Crippen LogP) is 3.32. The first-order chi connectivity index (χ1) is 9.90. The van der Waals surface area contributed by atoms with Gasteiger partial charge in [0.25, 0.3) is 11.6 Å². The Bertz CT molecular complexity index is 699. The number of halogens is 1. The number of hydrogen-bond acceptors (Lipinski definition) is 3. The fourth-order valence-corrected chi connectivity index (χ4v) is 1.90. The van der Waals surface area contributed by atoms with Gasteiger partial charge in [-0.25, -0.2) is 4.39 Å². The topological polar surface area (TPSA) is 63.5 Å². The Kier molecular flexibility index (Phi) is 3.98. The van der Waals surface area contributed by atoms with Gasteiger partial charge in [0.15, 0.2) is 0 Å². The van der Waals surface area contributed by atoms with Crippen LogP contribution in [0, 0.1) is 22.9 Å². The van der Waals surface area contributed by atoms with Crippen molar-refractivity contribution in [1.29, 1.82) is 0 Å². The number of rotatable bonds is 3. The lowest BCUT2D eigenvalue weighted by Gasteiger charge is -2.17. The molecule has 108 valence electrons. The van der Waals surface area contributed by atoms with Crippen LogP contribution < -0.4 is 4.90 Å². The van der Waals surface area contributed by atoms with Crippen molar-refractivity contribution >= 4 is 17.3 Å². The second kappa shape index (κ2) is 5.70. The number of non-ortho nitro benzene ring substituents is 1. The average molecular weight is 288 g/mol. The number of hydrogen-bond donors (Lipinski definition) is 0. The van der Waals surface area contributed by atoms with Crippen LogP contribution in [-0.4, -0.2) is 17.9 Å². The molecule has 0 radical (unpaired) electrons. The Hall–Kier alpha value is -2.76. The highest BCUT2D eigenvalue weighted by Crippen LogP contribution is 2.21. The summed E-state index contributed by atoms with van der Waals surface area (Å²) < 4.78 is 13.7. The summed E-state index contributed by atoms with van der Waals surface area (Å²) in [5.41, 5.74) is 1.13. The smallest absolute Gasteiger partial charge is 0.269 e. The van der Waals surface area contributed by atoms with E-state index in [0.29, 0.717) is 5.69 Å². The van der Waals surface area contributed by atoms with Crippen LogP contribution in [-0.2, 0) is 0 Å². The lowest BCUT2D eigenvalue weighted by molar-refractivity contribution is -0.384. The van der Waals surface area contributed by atoms with E-state index in [1.807, 2.05) is 0 Å². The van der Waals surface area contributed by atoms with E-state index < -0.39 is 16.6 Å². The first-order valence-corrected chi connectivity index (χ1v) is 6.19. The number of nitro groups is 1. The molecule has 0 unspecified atom stereocenters. The molecule has 0 aliphatic rings. The maximum atomic E-state index is 13.7. The van der Waals surface area contributed by atoms with Gasteiger partial charge in [-0.05, 0) is 31.2 Å². The number of aryl methyl sites for hydroxylation is 1. The first kappa shape index (κ1) is 14.6. The molecule has 0 spiro atoms. The van der Waals surface area contributed by atoms with Crippen LogP contribution in [0.25, 0.3) is 0 Å². The number of carbonyl (C=O) groups excluding carboxylic acids is 1. The Morgan fingerprint density at radius 3 is 2.38 bits per heavy atom. The molecule has 2 aromatic rings. The van der Waals surface area contributed by atoms with Crippen molar-refractivity contribution in [3.8, 4) is 0 Å². The minimum Gasteiger partial charge on any atom is -0.311 e. The van der Waals surface area contributed by atoms with E-state index in [-0.39, 0.29) is 11.3 Å². The summed E-state index contributed by atoms with van der Waals surface area (Å²) >= 11 is 0. The van der Waals surface area contributed by atoms with Gasteiger partial charge in [0.1, 0.15) is 5.82 Å². The minimum absolute atomic E-state index is 0.0316. The van der Waals surface area contributed by atoms with Gasteiger partial charge in [-0.1, -0.05) is 11.6 Å². The Labute approximate surface area is 120 Å².